The molecule has 0 saturated carbocycles. The number of nitrogens with one attached hydrogen (secondary N) is 1. The molecule has 2 aliphatic heterocycles. The predicted octanol–water partition coefficient (Wildman–Crippen LogP) is 4.12. The van der Waals surface area contributed by atoms with E-state index in [1.54, 1.807) is 0 Å². The molecule has 1 atom stereocenters. The number of rotatable bonds is 6. The van der Waals surface area contributed by atoms with Crippen molar-refractivity contribution in [3.8, 4) is 5.75 Å². The molecule has 2 aliphatic rings. The van der Waals surface area contributed by atoms with Gasteiger partial charge in [0.1, 0.15) is 11.4 Å². The van der Waals surface area contributed by atoms with Crippen molar-refractivity contribution < 1.29 is 14.3 Å². The van der Waals surface area contributed by atoms with Gasteiger partial charge in [-0.2, -0.15) is 0 Å². The molecule has 2 amide bonds. The van der Waals surface area contributed by atoms with Crippen LogP contribution in [0.15, 0.2) is 24.3 Å². The summed E-state index contributed by atoms with van der Waals surface area (Å²) in [5.41, 5.74) is 0.863. The van der Waals surface area contributed by atoms with Crippen LogP contribution in [-0.2, 0) is 9.59 Å². The van der Waals surface area contributed by atoms with Gasteiger partial charge in [0.15, 0.2) is 0 Å². The maximum Gasteiger partial charge on any atom is 0.222 e. The molecule has 2 heterocycles. The van der Waals surface area contributed by atoms with Crippen LogP contribution in [0.25, 0.3) is 0 Å². The van der Waals surface area contributed by atoms with Gasteiger partial charge in [-0.3, -0.25) is 9.59 Å². The molecule has 1 unspecified atom stereocenters. The number of amides is 2. The van der Waals surface area contributed by atoms with Crippen LogP contribution >= 0.6 is 0 Å². The van der Waals surface area contributed by atoms with Crippen molar-refractivity contribution >= 4 is 11.8 Å². The first kappa shape index (κ1) is 21.7. The molecular weight excluding hydrogens is 364 g/mol. The third kappa shape index (κ3) is 5.52. The van der Waals surface area contributed by atoms with Gasteiger partial charge in [0.25, 0.3) is 0 Å². The van der Waals surface area contributed by atoms with Crippen molar-refractivity contribution in [3.63, 3.8) is 0 Å². The van der Waals surface area contributed by atoms with Crippen molar-refractivity contribution in [1.29, 1.82) is 0 Å². The molecule has 1 aromatic rings. The van der Waals surface area contributed by atoms with Crippen molar-refractivity contribution in [2.45, 2.75) is 71.3 Å². The molecule has 0 radical (unpaired) electrons. The molecular formula is C24H36N2O3. The van der Waals surface area contributed by atoms with Gasteiger partial charge in [0, 0.05) is 51.2 Å². The Morgan fingerprint density at radius 3 is 2.48 bits per heavy atom. The van der Waals surface area contributed by atoms with Gasteiger partial charge in [-0.15, -0.1) is 0 Å². The number of hydrogen-bond acceptors (Lipinski definition) is 3. The van der Waals surface area contributed by atoms with Crippen LogP contribution in [-0.4, -0.2) is 41.9 Å². The highest BCUT2D eigenvalue weighted by atomic mass is 16.5. The molecule has 1 saturated heterocycles. The van der Waals surface area contributed by atoms with Crippen LogP contribution in [0, 0.1) is 11.8 Å². The van der Waals surface area contributed by atoms with E-state index in [2.05, 4.69) is 39.1 Å². The van der Waals surface area contributed by atoms with Gasteiger partial charge in [-0.1, -0.05) is 45.9 Å². The number of benzene rings is 1. The van der Waals surface area contributed by atoms with Gasteiger partial charge in [-0.25, -0.2) is 0 Å². The summed E-state index contributed by atoms with van der Waals surface area (Å²) in [4.78, 5) is 27.0. The first-order chi connectivity index (χ1) is 13.8. The Morgan fingerprint density at radius 2 is 1.83 bits per heavy atom. The summed E-state index contributed by atoms with van der Waals surface area (Å²) in [5, 5.41) is 3.06. The summed E-state index contributed by atoms with van der Waals surface area (Å²) in [7, 11) is 0. The maximum atomic E-state index is 12.5. The Bertz CT molecular complexity index is 721. The minimum absolute atomic E-state index is 0.111. The quantitative estimate of drug-likeness (QED) is 0.781. The van der Waals surface area contributed by atoms with Gasteiger partial charge in [0.2, 0.25) is 11.8 Å². The maximum absolute atomic E-state index is 12.5. The number of hydrogen-bond donors (Lipinski definition) is 1. The smallest absolute Gasteiger partial charge is 0.222 e. The second kappa shape index (κ2) is 9.19. The van der Waals surface area contributed by atoms with Gasteiger partial charge in [-0.05, 0) is 29.9 Å². The highest BCUT2D eigenvalue weighted by molar-refractivity contribution is 5.77. The Hall–Kier alpha value is -2.04. The topological polar surface area (TPSA) is 58.6 Å². The molecule has 1 aromatic carbocycles. The lowest BCUT2D eigenvalue weighted by Crippen LogP contribution is -2.52. The number of ether oxygens (including phenoxy) is 1. The Balaban J connectivity index is 1.69. The standard InChI is InChI=1S/C24H36N2O3/c1-17(2)13-23(28)26-11-9-24(10-12-26)15-19(14-22(27)25-16-18(3)4)20-7-5-6-8-21(20)29-24/h5-8,17-19H,9-16H2,1-4H3,(H,25,27). The second-order valence-electron chi connectivity index (χ2n) is 9.60. The zero-order valence-electron chi connectivity index (χ0n) is 18.4. The lowest BCUT2D eigenvalue weighted by Gasteiger charge is -2.47. The van der Waals surface area contributed by atoms with E-state index >= 15 is 0 Å². The van der Waals surface area contributed by atoms with E-state index in [0.717, 1.165) is 43.7 Å². The number of para-hydroxylation sites is 1. The monoisotopic (exact) mass is 400 g/mol. The van der Waals surface area contributed by atoms with Gasteiger partial charge in [0.05, 0.1) is 0 Å². The molecule has 5 nitrogen and oxygen atoms in total. The van der Waals surface area contributed by atoms with Gasteiger partial charge >= 0.3 is 0 Å². The van der Waals surface area contributed by atoms with Crippen molar-refractivity contribution in [2.24, 2.45) is 11.8 Å². The number of nitrogens with zero attached hydrogens (tertiary/aromatic N) is 1. The van der Waals surface area contributed by atoms with Crippen LogP contribution < -0.4 is 10.1 Å². The van der Waals surface area contributed by atoms with E-state index < -0.39 is 0 Å². The summed E-state index contributed by atoms with van der Waals surface area (Å²) in [6.07, 6.45) is 3.59. The zero-order chi connectivity index (χ0) is 21.0. The summed E-state index contributed by atoms with van der Waals surface area (Å²) in [5.74, 6) is 2.24. The highest BCUT2D eigenvalue weighted by Crippen LogP contribution is 2.46. The lowest BCUT2D eigenvalue weighted by molar-refractivity contribution is -0.136. The van der Waals surface area contributed by atoms with Gasteiger partial charge < -0.3 is 15.0 Å². The molecule has 5 heteroatoms. The molecule has 3 rings (SSSR count). The molecule has 29 heavy (non-hydrogen) atoms. The second-order valence-corrected chi connectivity index (χ2v) is 9.60. The Morgan fingerprint density at radius 1 is 1.14 bits per heavy atom. The Labute approximate surface area is 175 Å². The van der Waals surface area contributed by atoms with E-state index in [9.17, 15) is 9.59 Å². The molecule has 0 aromatic heterocycles. The number of carbonyl (C=O) groups is 2. The summed E-state index contributed by atoms with van der Waals surface area (Å²) < 4.78 is 6.51. The highest BCUT2D eigenvalue weighted by Gasteiger charge is 2.44. The molecule has 160 valence electrons. The largest absolute Gasteiger partial charge is 0.487 e. The Kier molecular flexibility index (Phi) is 6.86. The molecule has 1 spiro atoms. The van der Waals surface area contributed by atoms with Crippen LogP contribution in [0.1, 0.15) is 71.3 Å². The van der Waals surface area contributed by atoms with E-state index in [-0.39, 0.29) is 23.3 Å². The summed E-state index contributed by atoms with van der Waals surface area (Å²) >= 11 is 0. The third-order valence-corrected chi connectivity index (χ3v) is 6.05. The first-order valence-electron chi connectivity index (χ1n) is 11.1. The summed E-state index contributed by atoms with van der Waals surface area (Å²) in [6.45, 7) is 10.6. The number of likely N-dealkylation sites (tertiary alicyclic amines) is 1. The fraction of sp³-hybridized carbons (Fsp3) is 0.667. The minimum atomic E-state index is -0.272. The SMILES string of the molecule is CC(C)CNC(=O)CC1CC2(CCN(C(=O)CC(C)C)CC2)Oc2ccccc21. The average Bonchev–Trinajstić information content (AvgIpc) is 2.66. The molecule has 0 bridgehead atoms. The van der Waals surface area contributed by atoms with Crippen LogP contribution in [0.2, 0.25) is 0 Å². The van der Waals surface area contributed by atoms with Crippen LogP contribution in [0.3, 0.4) is 0 Å². The zero-order valence-corrected chi connectivity index (χ0v) is 18.4. The van der Waals surface area contributed by atoms with Crippen molar-refractivity contribution in [3.05, 3.63) is 29.8 Å². The number of fused-ring (bicyclic) bond motifs is 1. The summed E-state index contributed by atoms with van der Waals surface area (Å²) in [6, 6.07) is 8.12. The fourth-order valence-corrected chi connectivity index (χ4v) is 4.49. The van der Waals surface area contributed by atoms with E-state index in [1.165, 1.54) is 0 Å². The average molecular weight is 401 g/mol. The normalized spacial score (nSPS) is 20.5. The van der Waals surface area contributed by atoms with Crippen molar-refractivity contribution in [1.82, 2.24) is 10.2 Å². The number of carbonyl (C=O) groups excluding carboxylic acids is 2. The fourth-order valence-electron chi connectivity index (χ4n) is 4.49. The lowest BCUT2D eigenvalue weighted by atomic mass is 9.76. The predicted molar refractivity (Wildman–Crippen MR) is 115 cm³/mol. The molecule has 1 fully saturated rings. The third-order valence-electron chi connectivity index (χ3n) is 6.05. The van der Waals surface area contributed by atoms with Crippen LogP contribution in [0.5, 0.6) is 5.75 Å². The van der Waals surface area contributed by atoms with E-state index in [0.29, 0.717) is 31.2 Å². The molecule has 0 aliphatic carbocycles. The molecule has 1 N–H and O–H groups in total. The van der Waals surface area contributed by atoms with Crippen LogP contribution in [0.4, 0.5) is 0 Å². The minimum Gasteiger partial charge on any atom is -0.487 e. The van der Waals surface area contributed by atoms with E-state index in [4.69, 9.17) is 4.74 Å². The number of piperidine rings is 1. The first-order valence-corrected chi connectivity index (χ1v) is 11.1. The van der Waals surface area contributed by atoms with E-state index in [1.807, 2.05) is 23.1 Å². The van der Waals surface area contributed by atoms with Crippen molar-refractivity contribution in [2.75, 3.05) is 19.6 Å².